The maximum absolute atomic E-state index is 11.5. The van der Waals surface area contributed by atoms with Crippen LogP contribution in [0.5, 0.6) is 0 Å². The van der Waals surface area contributed by atoms with Crippen LogP contribution in [0.25, 0.3) is 0 Å². The summed E-state index contributed by atoms with van der Waals surface area (Å²) < 4.78 is 0.882. The molecule has 2 unspecified atom stereocenters. The van der Waals surface area contributed by atoms with Gasteiger partial charge >= 0.3 is 0 Å². The summed E-state index contributed by atoms with van der Waals surface area (Å²) in [6.45, 7) is 3.61. The number of carbonyl (C=O) groups excluding carboxylic acids is 1. The van der Waals surface area contributed by atoms with Crippen LogP contribution in [0.15, 0.2) is 16.6 Å². The number of nitrogens with zero attached hydrogens (tertiary/aromatic N) is 1. The molecule has 0 aliphatic carbocycles. The monoisotopic (exact) mass is 354 g/mol. The lowest BCUT2D eigenvalue weighted by atomic mass is 9.92. The quantitative estimate of drug-likeness (QED) is 0.759. The average Bonchev–Trinajstić information content (AvgIpc) is 2.73. The summed E-state index contributed by atoms with van der Waals surface area (Å²) >= 11 is 3.54. The minimum absolute atomic E-state index is 0.259. The largest absolute Gasteiger partial charge is 0.393 e. The third kappa shape index (κ3) is 2.67. The van der Waals surface area contributed by atoms with Gasteiger partial charge in [0.2, 0.25) is 0 Å². The van der Waals surface area contributed by atoms with E-state index in [9.17, 15) is 15.0 Å². The standard InChI is InChI=1S/C15H19BrN2O3/c1-8(19)9-2-4-18(5-3-9)13-7-12-10(6-11(13)16)14(20)15(21)17-12/h6-9,14,19-20H,2-5H2,1H3,(H,17,21). The first-order valence-electron chi connectivity index (χ1n) is 7.22. The molecule has 2 heterocycles. The maximum atomic E-state index is 11.5. The topological polar surface area (TPSA) is 72.8 Å². The second-order valence-electron chi connectivity index (χ2n) is 5.85. The first kappa shape index (κ1) is 14.8. The van der Waals surface area contributed by atoms with Crippen molar-refractivity contribution in [2.75, 3.05) is 23.3 Å². The fourth-order valence-corrected chi connectivity index (χ4v) is 3.73. The summed E-state index contributed by atoms with van der Waals surface area (Å²) in [6, 6.07) is 3.73. The van der Waals surface area contributed by atoms with E-state index in [4.69, 9.17) is 0 Å². The molecule has 1 amide bonds. The number of hydrogen-bond acceptors (Lipinski definition) is 4. The highest BCUT2D eigenvalue weighted by Gasteiger charge is 2.31. The van der Waals surface area contributed by atoms with E-state index in [2.05, 4.69) is 26.1 Å². The van der Waals surface area contributed by atoms with Crippen molar-refractivity contribution in [3.8, 4) is 0 Å². The Hall–Kier alpha value is -1.11. The van der Waals surface area contributed by atoms with Gasteiger partial charge in [0.1, 0.15) is 0 Å². The summed E-state index contributed by atoms with van der Waals surface area (Å²) in [7, 11) is 0. The predicted octanol–water partition coefficient (Wildman–Crippen LogP) is 2.03. The molecule has 5 nitrogen and oxygen atoms in total. The molecule has 0 bridgehead atoms. The van der Waals surface area contributed by atoms with Crippen LogP contribution >= 0.6 is 15.9 Å². The van der Waals surface area contributed by atoms with Crippen LogP contribution in [0.3, 0.4) is 0 Å². The van der Waals surface area contributed by atoms with Gasteiger partial charge in [-0.15, -0.1) is 0 Å². The normalized spacial score (nSPS) is 23.9. The lowest BCUT2D eigenvalue weighted by Crippen LogP contribution is -2.37. The molecule has 3 rings (SSSR count). The Kier molecular flexibility index (Phi) is 3.94. The van der Waals surface area contributed by atoms with Crippen LogP contribution in [0.1, 0.15) is 31.4 Å². The second-order valence-corrected chi connectivity index (χ2v) is 6.70. The number of hydrogen-bond donors (Lipinski definition) is 3. The second kappa shape index (κ2) is 5.59. The lowest BCUT2D eigenvalue weighted by molar-refractivity contribution is -0.123. The van der Waals surface area contributed by atoms with Crippen LogP contribution in [0.2, 0.25) is 0 Å². The Balaban J connectivity index is 1.82. The molecule has 21 heavy (non-hydrogen) atoms. The van der Waals surface area contributed by atoms with Gasteiger partial charge in [-0.3, -0.25) is 4.79 Å². The number of nitrogens with one attached hydrogen (secondary N) is 1. The van der Waals surface area contributed by atoms with Crippen molar-refractivity contribution in [3.63, 3.8) is 0 Å². The first-order valence-corrected chi connectivity index (χ1v) is 8.02. The molecule has 1 aromatic rings. The minimum Gasteiger partial charge on any atom is -0.393 e. The van der Waals surface area contributed by atoms with Gasteiger partial charge in [-0.05, 0) is 53.7 Å². The zero-order valence-electron chi connectivity index (χ0n) is 11.8. The van der Waals surface area contributed by atoms with Gasteiger partial charge in [0.15, 0.2) is 6.10 Å². The van der Waals surface area contributed by atoms with Crippen molar-refractivity contribution in [1.82, 2.24) is 0 Å². The Bertz CT molecular complexity index is 568. The highest BCUT2D eigenvalue weighted by molar-refractivity contribution is 9.10. The molecule has 6 heteroatoms. The molecule has 0 saturated carbocycles. The Morgan fingerprint density at radius 1 is 1.38 bits per heavy atom. The zero-order valence-corrected chi connectivity index (χ0v) is 13.4. The van der Waals surface area contributed by atoms with Crippen LogP contribution < -0.4 is 10.2 Å². The molecule has 0 spiro atoms. The third-order valence-corrected chi connectivity index (χ3v) is 5.12. The van der Waals surface area contributed by atoms with Crippen molar-refractivity contribution in [1.29, 1.82) is 0 Å². The van der Waals surface area contributed by atoms with Crippen molar-refractivity contribution >= 4 is 33.2 Å². The van der Waals surface area contributed by atoms with E-state index in [1.165, 1.54) is 0 Å². The fraction of sp³-hybridized carbons (Fsp3) is 0.533. The van der Waals surface area contributed by atoms with Gasteiger partial charge in [0, 0.05) is 28.8 Å². The number of aliphatic hydroxyl groups excluding tert-OH is 2. The zero-order chi connectivity index (χ0) is 15.1. The molecule has 3 N–H and O–H groups in total. The van der Waals surface area contributed by atoms with Crippen LogP contribution in [-0.2, 0) is 4.79 Å². The molecule has 1 saturated heterocycles. The fourth-order valence-electron chi connectivity index (χ4n) is 3.12. The number of benzene rings is 1. The number of amides is 1. The van der Waals surface area contributed by atoms with Crippen molar-refractivity contribution in [2.45, 2.75) is 32.0 Å². The number of fused-ring (bicyclic) bond motifs is 1. The number of aliphatic hydroxyl groups is 2. The summed E-state index contributed by atoms with van der Waals surface area (Å²) in [5.41, 5.74) is 2.32. The molecule has 1 aromatic carbocycles. The van der Waals surface area contributed by atoms with Gasteiger partial charge in [-0.2, -0.15) is 0 Å². The van der Waals surface area contributed by atoms with E-state index in [1.54, 1.807) is 0 Å². The van der Waals surface area contributed by atoms with Crippen molar-refractivity contribution < 1.29 is 15.0 Å². The van der Waals surface area contributed by atoms with Crippen LogP contribution in [-0.4, -0.2) is 35.3 Å². The number of carbonyl (C=O) groups is 1. The summed E-state index contributed by atoms with van der Waals surface area (Å²) in [5, 5.41) is 22.2. The van der Waals surface area contributed by atoms with E-state index >= 15 is 0 Å². The van der Waals surface area contributed by atoms with Gasteiger partial charge in [-0.25, -0.2) is 0 Å². The Morgan fingerprint density at radius 3 is 2.67 bits per heavy atom. The summed E-state index contributed by atoms with van der Waals surface area (Å²) in [4.78, 5) is 13.8. The highest BCUT2D eigenvalue weighted by atomic mass is 79.9. The Morgan fingerprint density at radius 2 is 2.05 bits per heavy atom. The SMILES string of the molecule is CC(O)C1CCN(c2cc3c(cc2Br)C(O)C(=O)N3)CC1. The number of anilines is 2. The average molecular weight is 355 g/mol. The molecule has 0 aromatic heterocycles. The number of halogens is 1. The number of piperidine rings is 1. The van der Waals surface area contributed by atoms with Gasteiger partial charge in [0.25, 0.3) is 5.91 Å². The van der Waals surface area contributed by atoms with Crippen LogP contribution in [0.4, 0.5) is 11.4 Å². The van der Waals surface area contributed by atoms with Crippen molar-refractivity contribution in [2.24, 2.45) is 5.92 Å². The van der Waals surface area contributed by atoms with Crippen molar-refractivity contribution in [3.05, 3.63) is 22.2 Å². The van der Waals surface area contributed by atoms with E-state index in [1.807, 2.05) is 19.1 Å². The van der Waals surface area contributed by atoms with E-state index in [0.717, 1.165) is 36.1 Å². The first-order chi connectivity index (χ1) is 9.97. The smallest absolute Gasteiger partial charge is 0.257 e. The molecular weight excluding hydrogens is 336 g/mol. The molecular formula is C15H19BrN2O3. The van der Waals surface area contributed by atoms with Gasteiger partial charge in [0.05, 0.1) is 11.8 Å². The Labute approximate surface area is 132 Å². The van der Waals surface area contributed by atoms with E-state index in [0.29, 0.717) is 17.2 Å². The molecule has 2 atom stereocenters. The van der Waals surface area contributed by atoms with Crippen LogP contribution in [0, 0.1) is 5.92 Å². The van der Waals surface area contributed by atoms with Gasteiger partial charge < -0.3 is 20.4 Å². The molecule has 114 valence electrons. The summed E-state index contributed by atoms with van der Waals surface area (Å²) in [5.74, 6) is -0.0159. The minimum atomic E-state index is -1.08. The van der Waals surface area contributed by atoms with E-state index in [-0.39, 0.29) is 12.0 Å². The lowest BCUT2D eigenvalue weighted by Gasteiger charge is -2.35. The van der Waals surface area contributed by atoms with E-state index < -0.39 is 6.10 Å². The third-order valence-electron chi connectivity index (χ3n) is 4.48. The maximum Gasteiger partial charge on any atom is 0.257 e. The molecule has 2 aliphatic heterocycles. The molecule has 0 radical (unpaired) electrons. The molecule has 1 fully saturated rings. The number of rotatable bonds is 2. The van der Waals surface area contributed by atoms with Gasteiger partial charge in [-0.1, -0.05) is 0 Å². The predicted molar refractivity (Wildman–Crippen MR) is 84.3 cm³/mol. The summed E-state index contributed by atoms with van der Waals surface area (Å²) in [6.07, 6.45) is 0.572. The molecule has 2 aliphatic rings. The highest BCUT2D eigenvalue weighted by Crippen LogP contribution is 2.40.